The third-order valence-corrected chi connectivity index (χ3v) is 2.90. The summed E-state index contributed by atoms with van der Waals surface area (Å²) in [5.74, 6) is 2.47. The molecule has 0 rings (SSSR count). The third kappa shape index (κ3) is 6.70. The molecule has 2 unspecified atom stereocenters. The van der Waals surface area contributed by atoms with E-state index in [0.717, 1.165) is 0 Å². The van der Waals surface area contributed by atoms with Gasteiger partial charge in [-0.3, -0.25) is 0 Å². The lowest BCUT2D eigenvalue weighted by Gasteiger charge is -2.17. The van der Waals surface area contributed by atoms with Crippen molar-refractivity contribution in [2.75, 3.05) is 11.5 Å². The minimum Gasteiger partial charge on any atom is -0.311 e. The fraction of sp³-hybridized carbons (Fsp3) is 1.00. The summed E-state index contributed by atoms with van der Waals surface area (Å²) in [6, 6.07) is 1.33. The minimum absolute atomic E-state index is 0.662. The Bertz CT molecular complexity index is 85.6. The van der Waals surface area contributed by atoms with Gasteiger partial charge < -0.3 is 5.32 Å². The van der Waals surface area contributed by atoms with E-state index >= 15 is 0 Å². The summed E-state index contributed by atoms with van der Waals surface area (Å²) in [5.41, 5.74) is 0. The van der Waals surface area contributed by atoms with Gasteiger partial charge in [0, 0.05) is 17.8 Å². The second-order valence-corrected chi connectivity index (χ2v) is 4.36. The van der Waals surface area contributed by atoms with Gasteiger partial charge in [-0.2, -0.15) is 11.8 Å². The molecule has 0 radical (unpaired) electrons. The maximum Gasteiger partial charge on any atom is 0.0132 e. The maximum atomic E-state index is 3.54. The predicted molar refractivity (Wildman–Crippen MR) is 55.3 cm³/mol. The van der Waals surface area contributed by atoms with E-state index in [1.165, 1.54) is 17.9 Å². The van der Waals surface area contributed by atoms with E-state index in [-0.39, 0.29) is 0 Å². The van der Waals surface area contributed by atoms with Crippen LogP contribution in [0.1, 0.15) is 34.1 Å². The van der Waals surface area contributed by atoms with Crippen LogP contribution in [0.25, 0.3) is 0 Å². The van der Waals surface area contributed by atoms with Crippen molar-refractivity contribution in [3.63, 3.8) is 0 Å². The highest BCUT2D eigenvalue weighted by Crippen LogP contribution is 2.02. The molecule has 0 amide bonds. The van der Waals surface area contributed by atoms with Crippen LogP contribution in [-0.2, 0) is 0 Å². The highest BCUT2D eigenvalue weighted by Gasteiger charge is 2.03. The molecule has 0 aromatic rings. The van der Waals surface area contributed by atoms with Gasteiger partial charge in [-0.15, -0.1) is 0 Å². The van der Waals surface area contributed by atoms with Crippen LogP contribution in [0.5, 0.6) is 0 Å². The van der Waals surface area contributed by atoms with E-state index < -0.39 is 0 Å². The molecule has 0 aliphatic rings. The van der Waals surface area contributed by atoms with Crippen LogP contribution >= 0.6 is 11.8 Å². The van der Waals surface area contributed by atoms with Gasteiger partial charge in [0.25, 0.3) is 0 Å². The molecule has 0 heterocycles. The first-order valence-electron chi connectivity index (χ1n) is 4.54. The Morgan fingerprint density at radius 1 is 1.18 bits per heavy atom. The molecule has 0 fully saturated rings. The smallest absolute Gasteiger partial charge is 0.0132 e. The van der Waals surface area contributed by atoms with Crippen LogP contribution in [0.2, 0.25) is 0 Å². The van der Waals surface area contributed by atoms with Crippen molar-refractivity contribution in [2.45, 2.75) is 46.2 Å². The Balaban J connectivity index is 3.27. The van der Waals surface area contributed by atoms with Gasteiger partial charge in [-0.05, 0) is 26.0 Å². The first-order chi connectivity index (χ1) is 5.20. The molecule has 0 saturated heterocycles. The molecule has 68 valence electrons. The van der Waals surface area contributed by atoms with Gasteiger partial charge in [-0.25, -0.2) is 0 Å². The highest BCUT2D eigenvalue weighted by atomic mass is 32.2. The summed E-state index contributed by atoms with van der Waals surface area (Å²) in [7, 11) is 0. The maximum absolute atomic E-state index is 3.54. The normalized spacial score (nSPS) is 16.4. The number of nitrogens with one attached hydrogen (secondary N) is 1. The average Bonchev–Trinajstić information content (AvgIpc) is 2.00. The van der Waals surface area contributed by atoms with Gasteiger partial charge in [0.05, 0.1) is 0 Å². The lowest BCUT2D eigenvalue weighted by Crippen LogP contribution is -2.35. The standard InChI is InChI=1S/C9H21NS/c1-5-8(3)10-9(4)7-11-6-2/h8-10H,5-7H2,1-4H3. The average molecular weight is 175 g/mol. The van der Waals surface area contributed by atoms with Crippen molar-refractivity contribution >= 4 is 11.8 Å². The minimum atomic E-state index is 0.662. The van der Waals surface area contributed by atoms with Crippen molar-refractivity contribution in [2.24, 2.45) is 0 Å². The molecule has 0 aliphatic carbocycles. The topological polar surface area (TPSA) is 12.0 Å². The Kier molecular flexibility index (Phi) is 7.18. The first-order valence-corrected chi connectivity index (χ1v) is 5.69. The third-order valence-electron chi connectivity index (χ3n) is 1.75. The summed E-state index contributed by atoms with van der Waals surface area (Å²) in [4.78, 5) is 0. The SMILES string of the molecule is CCSCC(C)NC(C)CC. The molecule has 1 nitrogen and oxygen atoms in total. The first kappa shape index (κ1) is 11.3. The Labute approximate surface area is 75.3 Å². The summed E-state index contributed by atoms with van der Waals surface area (Å²) in [6.45, 7) is 8.93. The lowest BCUT2D eigenvalue weighted by atomic mass is 10.2. The molecule has 1 N–H and O–H groups in total. The quantitative estimate of drug-likeness (QED) is 0.666. The van der Waals surface area contributed by atoms with Gasteiger partial charge in [0.15, 0.2) is 0 Å². The van der Waals surface area contributed by atoms with Gasteiger partial charge >= 0.3 is 0 Å². The van der Waals surface area contributed by atoms with Crippen molar-refractivity contribution in [1.82, 2.24) is 5.32 Å². The van der Waals surface area contributed by atoms with Crippen molar-refractivity contribution in [3.8, 4) is 0 Å². The second kappa shape index (κ2) is 6.99. The van der Waals surface area contributed by atoms with Crippen LogP contribution < -0.4 is 5.32 Å². The van der Waals surface area contributed by atoms with Crippen molar-refractivity contribution in [3.05, 3.63) is 0 Å². The van der Waals surface area contributed by atoms with E-state index in [4.69, 9.17) is 0 Å². The van der Waals surface area contributed by atoms with Crippen LogP contribution in [0.15, 0.2) is 0 Å². The molecule has 2 heteroatoms. The van der Waals surface area contributed by atoms with Crippen molar-refractivity contribution < 1.29 is 0 Å². The van der Waals surface area contributed by atoms with Gasteiger partial charge in [0.2, 0.25) is 0 Å². The van der Waals surface area contributed by atoms with Crippen molar-refractivity contribution in [1.29, 1.82) is 0 Å². The highest BCUT2D eigenvalue weighted by molar-refractivity contribution is 7.99. The van der Waals surface area contributed by atoms with Gasteiger partial charge in [-0.1, -0.05) is 13.8 Å². The molecule has 0 aliphatic heterocycles. The Hall–Kier alpha value is 0.310. The molecular weight excluding hydrogens is 154 g/mol. The van der Waals surface area contributed by atoms with Crippen LogP contribution in [0, 0.1) is 0 Å². The van der Waals surface area contributed by atoms with E-state index in [1.807, 2.05) is 11.8 Å². The van der Waals surface area contributed by atoms with E-state index in [9.17, 15) is 0 Å². The fourth-order valence-electron chi connectivity index (χ4n) is 0.946. The molecule has 0 aromatic heterocycles. The van der Waals surface area contributed by atoms with E-state index in [1.54, 1.807) is 0 Å². The zero-order valence-electron chi connectivity index (χ0n) is 8.18. The van der Waals surface area contributed by atoms with Gasteiger partial charge in [0.1, 0.15) is 0 Å². The number of hydrogen-bond donors (Lipinski definition) is 1. The fourth-order valence-corrected chi connectivity index (χ4v) is 1.63. The summed E-state index contributed by atoms with van der Waals surface area (Å²) >= 11 is 2.01. The Morgan fingerprint density at radius 3 is 2.27 bits per heavy atom. The molecule has 0 bridgehead atoms. The number of rotatable bonds is 6. The largest absolute Gasteiger partial charge is 0.311 e. The zero-order chi connectivity index (χ0) is 8.69. The van der Waals surface area contributed by atoms with Crippen LogP contribution in [0.3, 0.4) is 0 Å². The number of thioether (sulfide) groups is 1. The molecule has 0 saturated carbocycles. The molecule has 0 aromatic carbocycles. The van der Waals surface area contributed by atoms with Crippen LogP contribution in [0.4, 0.5) is 0 Å². The van der Waals surface area contributed by atoms with E-state index in [2.05, 4.69) is 33.0 Å². The summed E-state index contributed by atoms with van der Waals surface area (Å²) in [6.07, 6.45) is 1.22. The monoisotopic (exact) mass is 175 g/mol. The summed E-state index contributed by atoms with van der Waals surface area (Å²) in [5, 5.41) is 3.54. The molecule has 11 heavy (non-hydrogen) atoms. The second-order valence-electron chi connectivity index (χ2n) is 3.04. The van der Waals surface area contributed by atoms with E-state index in [0.29, 0.717) is 12.1 Å². The Morgan fingerprint density at radius 2 is 1.82 bits per heavy atom. The zero-order valence-corrected chi connectivity index (χ0v) is 9.00. The lowest BCUT2D eigenvalue weighted by molar-refractivity contribution is 0.484. The molecular formula is C9H21NS. The number of hydrogen-bond acceptors (Lipinski definition) is 2. The predicted octanol–water partition coefficient (Wildman–Crippen LogP) is 2.52. The van der Waals surface area contributed by atoms with Crippen LogP contribution in [-0.4, -0.2) is 23.6 Å². The molecule has 0 spiro atoms. The molecule has 2 atom stereocenters. The summed E-state index contributed by atoms with van der Waals surface area (Å²) < 4.78 is 0.